The number of hydrogen-bond donors (Lipinski definition) is 7. The number of carbonyl (C=O) groups excluding carboxylic acids is 2. The van der Waals surface area contributed by atoms with Crippen LogP contribution in [0.1, 0.15) is 19.8 Å². The van der Waals surface area contributed by atoms with E-state index in [0.29, 0.717) is 0 Å². The van der Waals surface area contributed by atoms with E-state index in [1.165, 1.54) is 6.92 Å². The first-order chi connectivity index (χ1) is 10.6. The molecule has 2 amide bonds. The molecule has 0 aromatic carbocycles. The summed E-state index contributed by atoms with van der Waals surface area (Å²) in [7, 11) is 0. The average molecular weight is 335 g/mol. The molecule has 0 spiro atoms. The molecule has 0 saturated heterocycles. The van der Waals surface area contributed by atoms with Crippen LogP contribution in [0.3, 0.4) is 0 Å². The number of nitrogens with two attached hydrogens (primary N) is 1. The summed E-state index contributed by atoms with van der Waals surface area (Å²) < 4.78 is 0. The van der Waals surface area contributed by atoms with E-state index in [4.69, 9.17) is 21.1 Å². The van der Waals surface area contributed by atoms with Crippen LogP contribution in [-0.2, 0) is 19.2 Å². The van der Waals surface area contributed by atoms with Gasteiger partial charge in [0, 0.05) is 6.42 Å². The highest BCUT2D eigenvalue weighted by atomic mass is 16.4. The van der Waals surface area contributed by atoms with Gasteiger partial charge in [0.15, 0.2) is 0 Å². The fourth-order valence-corrected chi connectivity index (χ4v) is 1.48. The topological polar surface area (TPSA) is 199 Å². The van der Waals surface area contributed by atoms with E-state index >= 15 is 0 Å². The molecular formula is C12H21N3O8. The maximum absolute atomic E-state index is 11.9. The first-order valence-electron chi connectivity index (χ1n) is 6.70. The minimum Gasteiger partial charge on any atom is -0.481 e. The molecule has 0 aliphatic rings. The zero-order chi connectivity index (χ0) is 18.2. The average Bonchev–Trinajstić information content (AvgIpc) is 2.46. The first-order valence-corrected chi connectivity index (χ1v) is 6.70. The smallest absolute Gasteiger partial charge is 0.326 e. The molecule has 11 nitrogen and oxygen atoms in total. The van der Waals surface area contributed by atoms with Crippen molar-refractivity contribution >= 4 is 23.8 Å². The molecule has 0 fully saturated rings. The van der Waals surface area contributed by atoms with Gasteiger partial charge in [0.1, 0.15) is 18.1 Å². The van der Waals surface area contributed by atoms with Crippen LogP contribution < -0.4 is 16.4 Å². The number of rotatable bonds is 10. The zero-order valence-corrected chi connectivity index (χ0v) is 12.4. The monoisotopic (exact) mass is 335 g/mol. The van der Waals surface area contributed by atoms with Gasteiger partial charge in [-0.2, -0.15) is 0 Å². The van der Waals surface area contributed by atoms with E-state index in [1.54, 1.807) is 0 Å². The van der Waals surface area contributed by atoms with Crippen LogP contribution in [0.4, 0.5) is 0 Å². The van der Waals surface area contributed by atoms with Crippen LogP contribution in [-0.4, -0.2) is 75.0 Å². The Hall–Kier alpha value is -2.24. The van der Waals surface area contributed by atoms with Crippen molar-refractivity contribution in [3.63, 3.8) is 0 Å². The third kappa shape index (κ3) is 7.54. The lowest BCUT2D eigenvalue weighted by Gasteiger charge is -2.22. The standard InChI is InChI=1S/C12H21N3O8/c1-5(17)9(13)11(21)15-7(4-16)10(20)14-6(12(22)23)2-3-8(18)19/h5-7,9,16-17H,2-4,13H2,1H3,(H,14,20)(H,15,21)(H,18,19)(H,22,23)/t5-,6+,7+,9+/m1/s1. The van der Waals surface area contributed by atoms with Gasteiger partial charge in [0.05, 0.1) is 12.7 Å². The van der Waals surface area contributed by atoms with Crippen molar-refractivity contribution in [3.8, 4) is 0 Å². The summed E-state index contributed by atoms with van der Waals surface area (Å²) in [5.74, 6) is -4.62. The van der Waals surface area contributed by atoms with E-state index in [9.17, 15) is 24.3 Å². The molecule has 0 rings (SSSR count). The van der Waals surface area contributed by atoms with Crippen molar-refractivity contribution in [2.75, 3.05) is 6.61 Å². The van der Waals surface area contributed by atoms with Crippen LogP contribution in [0.25, 0.3) is 0 Å². The fraction of sp³-hybridized carbons (Fsp3) is 0.667. The van der Waals surface area contributed by atoms with Crippen molar-refractivity contribution < 1.29 is 39.6 Å². The molecule has 8 N–H and O–H groups in total. The van der Waals surface area contributed by atoms with Crippen molar-refractivity contribution in [3.05, 3.63) is 0 Å². The molecule has 0 heterocycles. The Balaban J connectivity index is 4.76. The third-order valence-electron chi connectivity index (χ3n) is 2.90. The Labute approximate surface area is 131 Å². The third-order valence-corrected chi connectivity index (χ3v) is 2.90. The molecule has 0 bridgehead atoms. The van der Waals surface area contributed by atoms with Gasteiger partial charge in [-0.25, -0.2) is 4.79 Å². The Kier molecular flexibility index (Phi) is 8.77. The Bertz CT molecular complexity index is 454. The van der Waals surface area contributed by atoms with E-state index in [2.05, 4.69) is 5.32 Å². The summed E-state index contributed by atoms with van der Waals surface area (Å²) >= 11 is 0. The van der Waals surface area contributed by atoms with Crippen LogP contribution in [0.15, 0.2) is 0 Å². The minimum atomic E-state index is -1.49. The second-order valence-electron chi connectivity index (χ2n) is 4.84. The second-order valence-corrected chi connectivity index (χ2v) is 4.84. The van der Waals surface area contributed by atoms with Gasteiger partial charge in [-0.15, -0.1) is 0 Å². The summed E-state index contributed by atoms with van der Waals surface area (Å²) in [6, 6.07) is -4.31. The number of carboxylic acids is 2. The van der Waals surface area contributed by atoms with Gasteiger partial charge < -0.3 is 36.8 Å². The maximum Gasteiger partial charge on any atom is 0.326 e. The normalized spacial score (nSPS) is 15.8. The Morgan fingerprint density at radius 2 is 1.57 bits per heavy atom. The number of aliphatic hydroxyl groups excluding tert-OH is 2. The number of aliphatic carboxylic acids is 2. The van der Waals surface area contributed by atoms with Crippen LogP contribution in [0.5, 0.6) is 0 Å². The first kappa shape index (κ1) is 20.8. The summed E-state index contributed by atoms with van der Waals surface area (Å²) in [5.41, 5.74) is 5.36. The molecule has 11 heteroatoms. The SMILES string of the molecule is C[C@@H](O)[C@H](N)C(=O)N[C@@H](CO)C(=O)N[C@@H](CCC(=O)O)C(=O)O. The van der Waals surface area contributed by atoms with E-state index in [0.717, 1.165) is 0 Å². The van der Waals surface area contributed by atoms with Crippen LogP contribution in [0, 0.1) is 0 Å². The predicted octanol–water partition coefficient (Wildman–Crippen LogP) is -3.39. The van der Waals surface area contributed by atoms with E-state index in [1.807, 2.05) is 5.32 Å². The summed E-state index contributed by atoms with van der Waals surface area (Å²) in [6.07, 6.45) is -2.05. The Morgan fingerprint density at radius 1 is 1.04 bits per heavy atom. The van der Waals surface area contributed by atoms with Gasteiger partial charge in [0.2, 0.25) is 11.8 Å². The van der Waals surface area contributed by atoms with Crippen molar-refractivity contribution in [2.24, 2.45) is 5.73 Å². The fourth-order valence-electron chi connectivity index (χ4n) is 1.48. The van der Waals surface area contributed by atoms with Crippen LogP contribution >= 0.6 is 0 Å². The molecule has 0 aromatic rings. The quantitative estimate of drug-likeness (QED) is 0.212. The molecule has 0 aliphatic heterocycles. The highest BCUT2D eigenvalue weighted by molar-refractivity contribution is 5.92. The number of carboxylic acid groups (broad SMARTS) is 2. The maximum atomic E-state index is 11.9. The lowest BCUT2D eigenvalue weighted by molar-refractivity contribution is -0.143. The molecule has 0 unspecified atom stereocenters. The number of carbonyl (C=O) groups is 4. The van der Waals surface area contributed by atoms with E-state index in [-0.39, 0.29) is 6.42 Å². The number of aliphatic hydroxyl groups is 2. The molecule has 132 valence electrons. The van der Waals surface area contributed by atoms with Gasteiger partial charge >= 0.3 is 11.9 Å². The molecule has 23 heavy (non-hydrogen) atoms. The summed E-state index contributed by atoms with van der Waals surface area (Å²) in [4.78, 5) is 44.9. The van der Waals surface area contributed by atoms with Gasteiger partial charge in [-0.3, -0.25) is 14.4 Å². The number of amides is 2. The van der Waals surface area contributed by atoms with Gasteiger partial charge in [-0.1, -0.05) is 0 Å². The second kappa shape index (κ2) is 9.71. The molecule has 0 aliphatic carbocycles. The molecule has 0 saturated carbocycles. The molecule has 0 aromatic heterocycles. The number of nitrogens with one attached hydrogen (secondary N) is 2. The van der Waals surface area contributed by atoms with E-state index < -0.39 is 61.0 Å². The zero-order valence-electron chi connectivity index (χ0n) is 12.4. The lowest BCUT2D eigenvalue weighted by atomic mass is 10.1. The molecular weight excluding hydrogens is 314 g/mol. The van der Waals surface area contributed by atoms with Gasteiger partial charge in [-0.05, 0) is 13.3 Å². The van der Waals surface area contributed by atoms with Gasteiger partial charge in [0.25, 0.3) is 0 Å². The minimum absolute atomic E-state index is 0.365. The highest BCUT2D eigenvalue weighted by Crippen LogP contribution is 2.00. The Morgan fingerprint density at radius 3 is 1.96 bits per heavy atom. The number of hydrogen-bond acceptors (Lipinski definition) is 7. The lowest BCUT2D eigenvalue weighted by Crippen LogP contribution is -2.57. The summed E-state index contributed by atoms with van der Waals surface area (Å²) in [6.45, 7) is 0.417. The summed E-state index contributed by atoms with van der Waals surface area (Å²) in [5, 5.41) is 39.8. The molecule has 4 atom stereocenters. The van der Waals surface area contributed by atoms with Crippen LogP contribution in [0.2, 0.25) is 0 Å². The predicted molar refractivity (Wildman–Crippen MR) is 75.1 cm³/mol. The van der Waals surface area contributed by atoms with Crippen molar-refractivity contribution in [2.45, 2.75) is 44.0 Å². The van der Waals surface area contributed by atoms with Crippen molar-refractivity contribution in [1.29, 1.82) is 0 Å². The highest BCUT2D eigenvalue weighted by Gasteiger charge is 2.28. The largest absolute Gasteiger partial charge is 0.481 e. The molecule has 0 radical (unpaired) electrons. The van der Waals surface area contributed by atoms with Crippen molar-refractivity contribution in [1.82, 2.24) is 10.6 Å².